The van der Waals surface area contributed by atoms with Gasteiger partial charge in [0.2, 0.25) is 0 Å². The number of aromatic amines is 1. The van der Waals surface area contributed by atoms with Crippen molar-refractivity contribution in [2.24, 2.45) is 0 Å². The van der Waals surface area contributed by atoms with Gasteiger partial charge in [-0.25, -0.2) is 4.39 Å². The largest absolute Gasteiger partial charge is 0.497 e. The fourth-order valence-electron chi connectivity index (χ4n) is 2.96. The number of thioether (sulfide) groups is 1. The number of H-pyrrole nitrogens is 1. The molecule has 0 bridgehead atoms. The van der Waals surface area contributed by atoms with E-state index in [1.165, 1.54) is 17.8 Å². The van der Waals surface area contributed by atoms with Gasteiger partial charge in [-0.05, 0) is 29.8 Å². The summed E-state index contributed by atoms with van der Waals surface area (Å²) in [4.78, 5) is 3.61. The molecule has 0 saturated heterocycles. The quantitative estimate of drug-likeness (QED) is 0.302. The van der Waals surface area contributed by atoms with Gasteiger partial charge in [-0.3, -0.25) is 0 Å². The molecule has 0 spiro atoms. The summed E-state index contributed by atoms with van der Waals surface area (Å²) in [5.41, 5.74) is -0.677. The zero-order valence-corrected chi connectivity index (χ0v) is 16.9. The van der Waals surface area contributed by atoms with Crippen LogP contribution in [0.1, 0.15) is 11.1 Å². The van der Waals surface area contributed by atoms with Crippen LogP contribution in [0.2, 0.25) is 5.15 Å². The van der Waals surface area contributed by atoms with Crippen LogP contribution in [0.3, 0.4) is 0 Å². The number of ether oxygens (including phenoxy) is 1. The van der Waals surface area contributed by atoms with Crippen molar-refractivity contribution in [1.29, 1.82) is 0 Å². The number of halogens is 5. The fraction of sp³-hybridized carbons (Fsp3) is 0.158. The van der Waals surface area contributed by atoms with Gasteiger partial charge in [-0.1, -0.05) is 23.7 Å². The summed E-state index contributed by atoms with van der Waals surface area (Å²) in [6.07, 6.45) is -3.69. The van der Waals surface area contributed by atoms with E-state index in [1.807, 2.05) is 24.3 Å². The molecule has 0 atom stereocenters. The van der Waals surface area contributed by atoms with Crippen molar-refractivity contribution < 1.29 is 22.3 Å². The predicted octanol–water partition coefficient (Wildman–Crippen LogP) is 5.86. The van der Waals surface area contributed by atoms with E-state index in [2.05, 4.69) is 15.2 Å². The number of hydrogen-bond donors (Lipinski definition) is 1. The minimum Gasteiger partial charge on any atom is -0.497 e. The second kappa shape index (κ2) is 7.84. The van der Waals surface area contributed by atoms with E-state index in [0.29, 0.717) is 22.6 Å². The van der Waals surface area contributed by atoms with Gasteiger partial charge >= 0.3 is 6.18 Å². The molecule has 2 aromatic heterocycles. The lowest BCUT2D eigenvalue weighted by Crippen LogP contribution is -2.13. The molecule has 0 fully saturated rings. The van der Waals surface area contributed by atoms with Crippen molar-refractivity contribution in [3.05, 3.63) is 64.7 Å². The average Bonchev–Trinajstić information content (AvgIpc) is 3.32. The van der Waals surface area contributed by atoms with E-state index in [9.17, 15) is 17.6 Å². The van der Waals surface area contributed by atoms with Crippen molar-refractivity contribution in [1.82, 2.24) is 20.0 Å². The van der Waals surface area contributed by atoms with Crippen LogP contribution < -0.4 is 4.74 Å². The SMILES string of the molecule is COc1ccc(CSc2cc3c(-n4ncc(Cl)n4)c(C(F)(F)F)cc(F)c3[nH]2)cc1. The Morgan fingerprint density at radius 2 is 1.93 bits per heavy atom. The molecule has 4 aromatic rings. The first-order chi connectivity index (χ1) is 14.3. The molecule has 0 radical (unpaired) electrons. The summed E-state index contributed by atoms with van der Waals surface area (Å²) in [5, 5.41) is 7.97. The standard InChI is InChI=1S/C19H13ClF4N4OS/c1-29-11-4-2-10(3-5-11)9-30-16-6-12-17(26-16)14(21)7-13(19(22,23)24)18(12)28-25-8-15(20)27-28/h2-8,26H,9H2,1H3. The molecular formula is C19H13ClF4N4OS. The first-order valence-electron chi connectivity index (χ1n) is 8.52. The minimum absolute atomic E-state index is 0.00632. The Morgan fingerprint density at radius 1 is 1.20 bits per heavy atom. The van der Waals surface area contributed by atoms with Gasteiger partial charge in [-0.15, -0.1) is 21.7 Å². The lowest BCUT2D eigenvalue weighted by Gasteiger charge is -2.13. The number of alkyl halides is 3. The molecule has 0 aliphatic heterocycles. The lowest BCUT2D eigenvalue weighted by molar-refractivity contribution is -0.137. The second-order valence-electron chi connectivity index (χ2n) is 6.27. The van der Waals surface area contributed by atoms with Crippen molar-refractivity contribution in [2.75, 3.05) is 7.11 Å². The molecule has 4 rings (SSSR count). The topological polar surface area (TPSA) is 55.7 Å². The van der Waals surface area contributed by atoms with Gasteiger partial charge in [-0.2, -0.15) is 18.3 Å². The Labute approximate surface area is 177 Å². The number of hydrogen-bond acceptors (Lipinski definition) is 4. The van der Waals surface area contributed by atoms with Crippen LogP contribution in [0.15, 0.2) is 47.6 Å². The Kier molecular flexibility index (Phi) is 5.37. The van der Waals surface area contributed by atoms with Gasteiger partial charge in [0.15, 0.2) is 5.15 Å². The van der Waals surface area contributed by atoms with Crippen LogP contribution in [0.5, 0.6) is 5.75 Å². The number of fused-ring (bicyclic) bond motifs is 1. The Bertz CT molecular complexity index is 1200. The summed E-state index contributed by atoms with van der Waals surface area (Å²) < 4.78 is 60.4. The third kappa shape index (κ3) is 3.97. The van der Waals surface area contributed by atoms with Gasteiger partial charge in [0.05, 0.1) is 29.4 Å². The van der Waals surface area contributed by atoms with Gasteiger partial charge in [0.1, 0.15) is 17.3 Å². The number of nitrogens with zero attached hydrogens (tertiary/aromatic N) is 3. The summed E-state index contributed by atoms with van der Waals surface area (Å²) in [7, 11) is 1.57. The zero-order chi connectivity index (χ0) is 21.5. The van der Waals surface area contributed by atoms with Crippen LogP contribution in [0, 0.1) is 5.82 Å². The fourth-order valence-corrected chi connectivity index (χ4v) is 3.97. The monoisotopic (exact) mass is 456 g/mol. The maximum atomic E-state index is 14.5. The Morgan fingerprint density at radius 3 is 2.53 bits per heavy atom. The van der Waals surface area contributed by atoms with Crippen LogP contribution in [-0.2, 0) is 11.9 Å². The first-order valence-corrected chi connectivity index (χ1v) is 9.89. The highest BCUT2D eigenvalue weighted by Crippen LogP contribution is 2.40. The van der Waals surface area contributed by atoms with Crippen LogP contribution >= 0.6 is 23.4 Å². The maximum Gasteiger partial charge on any atom is 0.418 e. The lowest BCUT2D eigenvalue weighted by atomic mass is 10.1. The highest BCUT2D eigenvalue weighted by Gasteiger charge is 2.37. The van der Waals surface area contributed by atoms with Crippen LogP contribution in [0.25, 0.3) is 16.6 Å². The Hall–Kier alpha value is -2.72. The highest BCUT2D eigenvalue weighted by molar-refractivity contribution is 7.98. The molecule has 1 N–H and O–H groups in total. The molecule has 11 heteroatoms. The normalized spacial score (nSPS) is 11.9. The van der Waals surface area contributed by atoms with Crippen molar-refractivity contribution in [3.8, 4) is 11.4 Å². The third-order valence-corrected chi connectivity index (χ3v) is 5.52. The minimum atomic E-state index is -4.81. The van der Waals surface area contributed by atoms with Crippen molar-refractivity contribution in [3.63, 3.8) is 0 Å². The van der Waals surface area contributed by atoms with Crippen molar-refractivity contribution >= 4 is 34.3 Å². The molecule has 0 aliphatic carbocycles. The molecule has 156 valence electrons. The molecule has 0 amide bonds. The van der Waals surface area contributed by atoms with Gasteiger partial charge in [0.25, 0.3) is 0 Å². The van der Waals surface area contributed by atoms with Gasteiger partial charge in [0, 0.05) is 11.1 Å². The third-order valence-electron chi connectivity index (χ3n) is 4.34. The summed E-state index contributed by atoms with van der Waals surface area (Å²) in [6, 6.07) is 9.25. The molecule has 0 saturated carbocycles. The van der Waals surface area contributed by atoms with E-state index in [4.69, 9.17) is 16.3 Å². The van der Waals surface area contributed by atoms with Crippen LogP contribution in [-0.4, -0.2) is 27.1 Å². The predicted molar refractivity (Wildman–Crippen MR) is 106 cm³/mol. The number of benzene rings is 2. The number of methoxy groups -OCH3 is 1. The van der Waals surface area contributed by atoms with Crippen LogP contribution in [0.4, 0.5) is 17.6 Å². The number of aromatic nitrogens is 4. The summed E-state index contributed by atoms with van der Waals surface area (Å²) in [5.74, 6) is 0.216. The molecule has 0 unspecified atom stereocenters. The van der Waals surface area contributed by atoms with E-state index < -0.39 is 23.2 Å². The molecule has 0 aliphatic rings. The van der Waals surface area contributed by atoms with E-state index >= 15 is 0 Å². The summed E-state index contributed by atoms with van der Waals surface area (Å²) >= 11 is 7.06. The smallest absolute Gasteiger partial charge is 0.418 e. The Balaban J connectivity index is 1.76. The number of rotatable bonds is 5. The number of nitrogens with one attached hydrogen (secondary N) is 1. The zero-order valence-electron chi connectivity index (χ0n) is 15.3. The maximum absolute atomic E-state index is 14.5. The second-order valence-corrected chi connectivity index (χ2v) is 7.67. The summed E-state index contributed by atoms with van der Waals surface area (Å²) in [6.45, 7) is 0. The molecule has 2 heterocycles. The highest BCUT2D eigenvalue weighted by atomic mass is 35.5. The van der Waals surface area contributed by atoms with E-state index in [0.717, 1.165) is 16.6 Å². The molecule has 30 heavy (non-hydrogen) atoms. The average molecular weight is 457 g/mol. The first kappa shape index (κ1) is 20.5. The molecule has 2 aromatic carbocycles. The van der Waals surface area contributed by atoms with E-state index in [-0.39, 0.29) is 16.1 Å². The van der Waals surface area contributed by atoms with E-state index in [1.54, 1.807) is 7.11 Å². The molecule has 5 nitrogen and oxygen atoms in total. The van der Waals surface area contributed by atoms with Gasteiger partial charge < -0.3 is 9.72 Å². The van der Waals surface area contributed by atoms with Crippen molar-refractivity contribution in [2.45, 2.75) is 17.0 Å². The molecular weight excluding hydrogens is 444 g/mol.